The minimum atomic E-state index is 0.399. The summed E-state index contributed by atoms with van der Waals surface area (Å²) >= 11 is 0. The van der Waals surface area contributed by atoms with Crippen LogP contribution in [0, 0.1) is 5.92 Å². The normalized spacial score (nSPS) is 21.3. The van der Waals surface area contributed by atoms with Crippen LogP contribution in [0.1, 0.15) is 26.6 Å². The summed E-state index contributed by atoms with van der Waals surface area (Å²) in [6, 6.07) is 11.1. The molecule has 7 nitrogen and oxygen atoms in total. The Morgan fingerprint density at radius 2 is 2.04 bits per heavy atom. The van der Waals surface area contributed by atoms with Gasteiger partial charge in [-0.25, -0.2) is 0 Å². The molecule has 3 rings (SSSR count). The molecule has 0 saturated carbocycles. The van der Waals surface area contributed by atoms with E-state index in [0.29, 0.717) is 24.5 Å². The van der Waals surface area contributed by atoms with Crippen molar-refractivity contribution in [3.63, 3.8) is 0 Å². The summed E-state index contributed by atoms with van der Waals surface area (Å²) < 4.78 is 1.99. The zero-order valence-corrected chi connectivity index (χ0v) is 16.1. The van der Waals surface area contributed by atoms with Gasteiger partial charge in [-0.2, -0.15) is 0 Å². The maximum atomic E-state index is 4.38. The molecule has 2 N–H and O–H groups in total. The molecule has 1 aliphatic rings. The van der Waals surface area contributed by atoms with Gasteiger partial charge >= 0.3 is 0 Å². The van der Waals surface area contributed by atoms with Crippen molar-refractivity contribution in [3.8, 4) is 5.69 Å². The fraction of sp³-hybridized carbons (Fsp3) is 0.526. The molecule has 2 heterocycles. The molecule has 0 bridgehead atoms. The largest absolute Gasteiger partial charge is 0.352 e. The van der Waals surface area contributed by atoms with Crippen LogP contribution in [0.25, 0.3) is 5.69 Å². The number of nitrogens with zero attached hydrogens (tertiary/aromatic N) is 5. The summed E-state index contributed by atoms with van der Waals surface area (Å²) in [7, 11) is 1.80. The Kier molecular flexibility index (Phi) is 5.88. The van der Waals surface area contributed by atoms with Crippen molar-refractivity contribution in [1.82, 2.24) is 30.3 Å². The predicted molar refractivity (Wildman–Crippen MR) is 104 cm³/mol. The second-order valence-corrected chi connectivity index (χ2v) is 7.15. The number of para-hydroxylation sites is 1. The molecule has 1 aromatic carbocycles. The summed E-state index contributed by atoms with van der Waals surface area (Å²) in [5, 5.41) is 15.2. The Morgan fingerprint density at radius 3 is 2.69 bits per heavy atom. The Labute approximate surface area is 155 Å². The van der Waals surface area contributed by atoms with Crippen molar-refractivity contribution in [1.29, 1.82) is 0 Å². The highest BCUT2D eigenvalue weighted by molar-refractivity contribution is 5.80. The molecule has 140 valence electrons. The second-order valence-electron chi connectivity index (χ2n) is 7.15. The molecule has 1 saturated heterocycles. The van der Waals surface area contributed by atoms with Crippen LogP contribution in [0.2, 0.25) is 0 Å². The smallest absolute Gasteiger partial charge is 0.191 e. The van der Waals surface area contributed by atoms with Crippen LogP contribution in [0.15, 0.2) is 41.7 Å². The van der Waals surface area contributed by atoms with Crippen LogP contribution in [0.4, 0.5) is 0 Å². The number of aliphatic imine (C=N–C) groups is 1. The minimum Gasteiger partial charge on any atom is -0.352 e. The number of aromatic nitrogens is 3. The molecule has 2 atom stereocenters. The first-order chi connectivity index (χ1) is 12.6. The summed E-state index contributed by atoms with van der Waals surface area (Å²) in [6.07, 6.45) is 1.74. The monoisotopic (exact) mass is 355 g/mol. The van der Waals surface area contributed by atoms with Crippen molar-refractivity contribution >= 4 is 5.96 Å². The number of nitrogens with one attached hydrogen (secondary N) is 2. The van der Waals surface area contributed by atoms with Gasteiger partial charge in [0.15, 0.2) is 11.8 Å². The standard InChI is InChI=1S/C19H29N7/c1-14(2)25-11-15(3)17(12-25)23-19(20-4)21-10-18-24-22-13-26(18)16-8-6-5-7-9-16/h5-9,13-15,17H,10-12H2,1-4H3,(H2,20,21,23). The lowest BCUT2D eigenvalue weighted by Crippen LogP contribution is -2.46. The third-order valence-electron chi connectivity index (χ3n) is 4.98. The van der Waals surface area contributed by atoms with E-state index in [2.05, 4.69) is 51.5 Å². The van der Waals surface area contributed by atoms with E-state index in [0.717, 1.165) is 30.6 Å². The average molecular weight is 355 g/mol. The Bertz CT molecular complexity index is 722. The van der Waals surface area contributed by atoms with Crippen LogP contribution >= 0.6 is 0 Å². The summed E-state index contributed by atoms with van der Waals surface area (Å²) in [5.41, 5.74) is 1.05. The van der Waals surface area contributed by atoms with Crippen molar-refractivity contribution in [2.45, 2.75) is 39.4 Å². The molecule has 0 spiro atoms. The molecule has 2 aromatic rings. The number of likely N-dealkylation sites (tertiary alicyclic amines) is 1. The molecule has 0 radical (unpaired) electrons. The quantitative estimate of drug-likeness (QED) is 0.631. The lowest BCUT2D eigenvalue weighted by molar-refractivity contribution is 0.265. The molecule has 0 aliphatic carbocycles. The van der Waals surface area contributed by atoms with Crippen molar-refractivity contribution in [3.05, 3.63) is 42.5 Å². The van der Waals surface area contributed by atoms with Gasteiger partial charge in [0.25, 0.3) is 0 Å². The van der Waals surface area contributed by atoms with Gasteiger partial charge in [0.2, 0.25) is 0 Å². The van der Waals surface area contributed by atoms with Gasteiger partial charge in [-0.15, -0.1) is 10.2 Å². The van der Waals surface area contributed by atoms with Crippen LogP contribution < -0.4 is 10.6 Å². The zero-order valence-electron chi connectivity index (χ0n) is 16.1. The second kappa shape index (κ2) is 8.31. The van der Waals surface area contributed by atoms with Gasteiger partial charge in [0, 0.05) is 37.9 Å². The maximum absolute atomic E-state index is 4.38. The Hall–Kier alpha value is -2.41. The maximum Gasteiger partial charge on any atom is 0.191 e. The first kappa shape index (κ1) is 18.4. The Morgan fingerprint density at radius 1 is 1.27 bits per heavy atom. The molecular weight excluding hydrogens is 326 g/mol. The average Bonchev–Trinajstić information content (AvgIpc) is 3.26. The van der Waals surface area contributed by atoms with Crippen LogP contribution in [-0.4, -0.2) is 57.8 Å². The molecule has 1 fully saturated rings. The predicted octanol–water partition coefficient (Wildman–Crippen LogP) is 1.66. The molecule has 1 aromatic heterocycles. The fourth-order valence-electron chi connectivity index (χ4n) is 3.33. The SMILES string of the molecule is CN=C(NCc1nncn1-c1ccccc1)NC1CN(C(C)C)CC1C. The molecule has 1 aliphatic heterocycles. The lowest BCUT2D eigenvalue weighted by Gasteiger charge is -2.21. The van der Waals surface area contributed by atoms with Crippen LogP contribution in [0.5, 0.6) is 0 Å². The van der Waals surface area contributed by atoms with E-state index in [1.165, 1.54) is 0 Å². The zero-order chi connectivity index (χ0) is 18.5. The van der Waals surface area contributed by atoms with E-state index in [4.69, 9.17) is 0 Å². The third kappa shape index (κ3) is 4.22. The van der Waals surface area contributed by atoms with E-state index in [1.807, 2.05) is 34.9 Å². The number of hydrogen-bond acceptors (Lipinski definition) is 4. The third-order valence-corrected chi connectivity index (χ3v) is 4.98. The van der Waals surface area contributed by atoms with Gasteiger partial charge in [-0.1, -0.05) is 25.1 Å². The van der Waals surface area contributed by atoms with Crippen molar-refractivity contribution in [2.24, 2.45) is 10.9 Å². The molecule has 26 heavy (non-hydrogen) atoms. The fourth-order valence-corrected chi connectivity index (χ4v) is 3.33. The molecule has 7 heteroatoms. The van der Waals surface area contributed by atoms with Crippen LogP contribution in [0.3, 0.4) is 0 Å². The van der Waals surface area contributed by atoms with Crippen molar-refractivity contribution in [2.75, 3.05) is 20.1 Å². The van der Waals surface area contributed by atoms with Gasteiger partial charge in [0.05, 0.1) is 6.54 Å². The number of rotatable bonds is 5. The highest BCUT2D eigenvalue weighted by atomic mass is 15.3. The van der Waals surface area contributed by atoms with Gasteiger partial charge in [0.1, 0.15) is 6.33 Å². The Balaban J connectivity index is 1.60. The van der Waals surface area contributed by atoms with E-state index in [1.54, 1.807) is 13.4 Å². The van der Waals surface area contributed by atoms with E-state index < -0.39 is 0 Å². The van der Waals surface area contributed by atoms with Gasteiger partial charge < -0.3 is 10.6 Å². The molecular formula is C19H29N7. The van der Waals surface area contributed by atoms with Crippen LogP contribution in [-0.2, 0) is 6.54 Å². The van der Waals surface area contributed by atoms with E-state index in [9.17, 15) is 0 Å². The molecule has 0 amide bonds. The van der Waals surface area contributed by atoms with Gasteiger partial charge in [-0.3, -0.25) is 14.5 Å². The van der Waals surface area contributed by atoms with E-state index >= 15 is 0 Å². The minimum absolute atomic E-state index is 0.399. The topological polar surface area (TPSA) is 70.4 Å². The summed E-state index contributed by atoms with van der Waals surface area (Å²) in [6.45, 7) is 9.51. The lowest BCUT2D eigenvalue weighted by atomic mass is 10.1. The summed E-state index contributed by atoms with van der Waals surface area (Å²) in [4.78, 5) is 6.88. The number of hydrogen-bond donors (Lipinski definition) is 2. The van der Waals surface area contributed by atoms with Crippen molar-refractivity contribution < 1.29 is 0 Å². The number of guanidine groups is 1. The first-order valence-corrected chi connectivity index (χ1v) is 9.24. The highest BCUT2D eigenvalue weighted by Gasteiger charge is 2.31. The first-order valence-electron chi connectivity index (χ1n) is 9.24. The van der Waals surface area contributed by atoms with E-state index in [-0.39, 0.29) is 0 Å². The molecule has 2 unspecified atom stereocenters. The number of benzene rings is 1. The highest BCUT2D eigenvalue weighted by Crippen LogP contribution is 2.18. The van der Waals surface area contributed by atoms with Gasteiger partial charge in [-0.05, 0) is 31.9 Å². The summed E-state index contributed by atoms with van der Waals surface area (Å²) in [5.74, 6) is 2.24.